The highest BCUT2D eigenvalue weighted by molar-refractivity contribution is 6.34. The molecular weight excluding hydrogens is 186 g/mol. The molecule has 0 radical (unpaired) electrons. The first-order valence-corrected chi connectivity index (χ1v) is 3.88. The van der Waals surface area contributed by atoms with Gasteiger partial charge in [-0.15, -0.1) is 0 Å². The van der Waals surface area contributed by atoms with Gasteiger partial charge in [-0.25, -0.2) is 4.79 Å². The average molecular weight is 197 g/mol. The van der Waals surface area contributed by atoms with Gasteiger partial charge in [-0.05, 0) is 0 Å². The first kappa shape index (κ1) is 10.4. The van der Waals surface area contributed by atoms with Crippen molar-refractivity contribution in [2.45, 2.75) is 6.23 Å². The fraction of sp³-hybridized carbons (Fsp3) is 0.375. The molecule has 0 aromatic heterocycles. The van der Waals surface area contributed by atoms with Crippen molar-refractivity contribution in [1.29, 1.82) is 5.41 Å². The van der Waals surface area contributed by atoms with Gasteiger partial charge in [-0.2, -0.15) is 0 Å². The minimum atomic E-state index is -0.716. The third-order valence-corrected chi connectivity index (χ3v) is 1.68. The van der Waals surface area contributed by atoms with Gasteiger partial charge in [-0.3, -0.25) is 15.3 Å². The molecule has 0 amide bonds. The van der Waals surface area contributed by atoms with Gasteiger partial charge < -0.3 is 9.47 Å². The number of methoxy groups -OCH3 is 2. The van der Waals surface area contributed by atoms with Crippen molar-refractivity contribution in [3.05, 3.63) is 12.4 Å². The molecule has 1 heterocycles. The second kappa shape index (κ2) is 4.52. The molecule has 1 aliphatic rings. The molecule has 0 saturated carbocycles. The number of nitrogens with zero attached hydrogens (tertiary/aromatic N) is 2. The normalized spacial score (nSPS) is 19.6. The third-order valence-electron chi connectivity index (χ3n) is 1.68. The lowest BCUT2D eigenvalue weighted by Crippen LogP contribution is -2.43. The highest BCUT2D eigenvalue weighted by atomic mass is 16.5. The van der Waals surface area contributed by atoms with Gasteiger partial charge in [0.05, 0.1) is 13.3 Å². The summed E-state index contributed by atoms with van der Waals surface area (Å²) in [5.41, 5.74) is 0. The Bertz CT molecular complexity index is 298. The molecule has 76 valence electrons. The largest absolute Gasteiger partial charge is 0.463 e. The predicted octanol–water partition coefficient (Wildman–Crippen LogP) is -0.0332. The van der Waals surface area contributed by atoms with Crippen LogP contribution < -0.4 is 0 Å². The van der Waals surface area contributed by atoms with E-state index in [1.54, 1.807) is 0 Å². The summed E-state index contributed by atoms with van der Waals surface area (Å²) < 4.78 is 9.42. The first-order chi connectivity index (χ1) is 6.70. The Morgan fingerprint density at radius 2 is 2.29 bits per heavy atom. The highest BCUT2D eigenvalue weighted by Gasteiger charge is 2.24. The SMILES string of the molecule is COC(=O)C(=N)N1C=CN=C[C@@H]1OC. The molecule has 14 heavy (non-hydrogen) atoms. The monoisotopic (exact) mass is 197 g/mol. The van der Waals surface area contributed by atoms with Gasteiger partial charge in [0.1, 0.15) is 0 Å². The van der Waals surface area contributed by atoms with Crippen LogP contribution in [0.15, 0.2) is 17.4 Å². The molecule has 0 unspecified atom stereocenters. The standard InChI is InChI=1S/C8H11N3O3/c1-13-6-5-10-3-4-11(6)7(9)8(12)14-2/h3-6,9H,1-2H3/t6-/m0/s1. The van der Waals surface area contributed by atoms with Crippen molar-refractivity contribution in [2.75, 3.05) is 14.2 Å². The quantitative estimate of drug-likeness (QED) is 0.364. The second-order valence-electron chi connectivity index (χ2n) is 2.47. The van der Waals surface area contributed by atoms with Crippen LogP contribution in [0.5, 0.6) is 0 Å². The Balaban J connectivity index is 2.76. The molecule has 0 aromatic carbocycles. The number of ether oxygens (including phenoxy) is 2. The summed E-state index contributed by atoms with van der Waals surface area (Å²) >= 11 is 0. The van der Waals surface area contributed by atoms with Crippen molar-refractivity contribution in [3.8, 4) is 0 Å². The molecule has 6 nitrogen and oxygen atoms in total. The molecule has 1 atom stereocenters. The van der Waals surface area contributed by atoms with Crippen LogP contribution in [-0.2, 0) is 14.3 Å². The average Bonchev–Trinajstić information content (AvgIpc) is 2.26. The zero-order valence-corrected chi connectivity index (χ0v) is 7.93. The number of nitrogens with one attached hydrogen (secondary N) is 1. The molecule has 0 saturated heterocycles. The Hall–Kier alpha value is -1.69. The fourth-order valence-corrected chi connectivity index (χ4v) is 0.969. The minimum Gasteiger partial charge on any atom is -0.463 e. The molecule has 6 heteroatoms. The molecule has 1 N–H and O–H groups in total. The van der Waals surface area contributed by atoms with E-state index in [0.29, 0.717) is 0 Å². The molecule has 0 aromatic rings. The van der Waals surface area contributed by atoms with Crippen LogP contribution in [-0.4, -0.2) is 43.4 Å². The summed E-state index contributed by atoms with van der Waals surface area (Å²) in [5, 5.41) is 7.48. The Morgan fingerprint density at radius 1 is 1.57 bits per heavy atom. The zero-order chi connectivity index (χ0) is 10.6. The molecule has 0 bridgehead atoms. The van der Waals surface area contributed by atoms with Gasteiger partial charge in [0.15, 0.2) is 6.23 Å². The number of esters is 1. The fourth-order valence-electron chi connectivity index (χ4n) is 0.969. The number of rotatable bonds is 1. The van der Waals surface area contributed by atoms with Crippen LogP contribution >= 0.6 is 0 Å². The molecule has 0 fully saturated rings. The van der Waals surface area contributed by atoms with E-state index in [2.05, 4.69) is 9.73 Å². The van der Waals surface area contributed by atoms with E-state index >= 15 is 0 Å². The topological polar surface area (TPSA) is 75.0 Å². The van der Waals surface area contributed by atoms with E-state index in [0.717, 1.165) is 0 Å². The number of aliphatic imine (C=N–C) groups is 1. The summed E-state index contributed by atoms with van der Waals surface area (Å²) in [6.07, 6.45) is 3.89. The maximum absolute atomic E-state index is 11.1. The Labute approximate surface area is 81.3 Å². The van der Waals surface area contributed by atoms with Crippen LogP contribution in [0, 0.1) is 5.41 Å². The van der Waals surface area contributed by atoms with Crippen molar-refractivity contribution >= 4 is 18.0 Å². The maximum atomic E-state index is 11.1. The summed E-state index contributed by atoms with van der Waals surface area (Å²) in [4.78, 5) is 16.2. The van der Waals surface area contributed by atoms with E-state index in [1.807, 2.05) is 0 Å². The van der Waals surface area contributed by atoms with Crippen molar-refractivity contribution in [1.82, 2.24) is 4.90 Å². The summed E-state index contributed by atoms with van der Waals surface area (Å²) in [6, 6.07) is 0. The van der Waals surface area contributed by atoms with Gasteiger partial charge in [0.2, 0.25) is 5.84 Å². The summed E-state index contributed by atoms with van der Waals surface area (Å²) in [7, 11) is 2.69. The van der Waals surface area contributed by atoms with Crippen molar-refractivity contribution in [2.24, 2.45) is 4.99 Å². The van der Waals surface area contributed by atoms with Crippen molar-refractivity contribution in [3.63, 3.8) is 0 Å². The Morgan fingerprint density at radius 3 is 2.86 bits per heavy atom. The number of hydrogen-bond donors (Lipinski definition) is 1. The maximum Gasteiger partial charge on any atom is 0.373 e. The van der Waals surface area contributed by atoms with Crippen LogP contribution in [0.25, 0.3) is 0 Å². The molecule has 0 aliphatic carbocycles. The number of carbonyl (C=O) groups is 1. The molecule has 1 rings (SSSR count). The molecule has 0 spiro atoms. The van der Waals surface area contributed by atoms with Gasteiger partial charge in [0.25, 0.3) is 0 Å². The van der Waals surface area contributed by atoms with E-state index in [1.165, 1.54) is 37.7 Å². The van der Waals surface area contributed by atoms with Crippen LogP contribution in [0.4, 0.5) is 0 Å². The van der Waals surface area contributed by atoms with Crippen LogP contribution in [0.3, 0.4) is 0 Å². The Kier molecular flexibility index (Phi) is 3.35. The van der Waals surface area contributed by atoms with Crippen molar-refractivity contribution < 1.29 is 14.3 Å². The van der Waals surface area contributed by atoms with E-state index in [-0.39, 0.29) is 5.84 Å². The van der Waals surface area contributed by atoms with E-state index in [9.17, 15) is 4.79 Å². The summed E-state index contributed by atoms with van der Waals surface area (Å²) in [6.45, 7) is 0. The lowest BCUT2D eigenvalue weighted by molar-refractivity contribution is -0.133. The van der Waals surface area contributed by atoms with Crippen LogP contribution in [0.2, 0.25) is 0 Å². The third kappa shape index (κ3) is 1.97. The second-order valence-corrected chi connectivity index (χ2v) is 2.47. The number of hydrogen-bond acceptors (Lipinski definition) is 5. The number of amidine groups is 1. The molecular formula is C8H11N3O3. The first-order valence-electron chi connectivity index (χ1n) is 3.88. The lowest BCUT2D eigenvalue weighted by atomic mass is 10.4. The van der Waals surface area contributed by atoms with E-state index < -0.39 is 12.2 Å². The number of carbonyl (C=O) groups excluding carboxylic acids is 1. The zero-order valence-electron chi connectivity index (χ0n) is 7.93. The molecule has 1 aliphatic heterocycles. The van der Waals surface area contributed by atoms with Crippen LogP contribution in [0.1, 0.15) is 0 Å². The highest BCUT2D eigenvalue weighted by Crippen LogP contribution is 2.06. The van der Waals surface area contributed by atoms with E-state index in [4.69, 9.17) is 10.1 Å². The lowest BCUT2D eigenvalue weighted by Gasteiger charge is -2.26. The van der Waals surface area contributed by atoms with Gasteiger partial charge >= 0.3 is 5.97 Å². The minimum absolute atomic E-state index is 0.290. The van der Waals surface area contributed by atoms with Gasteiger partial charge in [-0.1, -0.05) is 0 Å². The summed E-state index contributed by atoms with van der Waals surface area (Å²) in [5.74, 6) is -1.01. The predicted molar refractivity (Wildman–Crippen MR) is 50.0 cm³/mol. The van der Waals surface area contributed by atoms with Gasteiger partial charge in [0, 0.05) is 19.5 Å². The smallest absolute Gasteiger partial charge is 0.373 e.